The Labute approximate surface area is 111 Å². The summed E-state index contributed by atoms with van der Waals surface area (Å²) in [5.74, 6) is -0.537. The van der Waals surface area contributed by atoms with Gasteiger partial charge in [-0.3, -0.25) is 9.59 Å². The monoisotopic (exact) mass is 274 g/mol. The van der Waals surface area contributed by atoms with Crippen LogP contribution in [0.5, 0.6) is 0 Å². The van der Waals surface area contributed by atoms with E-state index in [0.717, 1.165) is 19.3 Å². The van der Waals surface area contributed by atoms with Gasteiger partial charge in [0, 0.05) is 12.5 Å². The third-order valence-electron chi connectivity index (χ3n) is 4.10. The average molecular weight is 274 g/mol. The van der Waals surface area contributed by atoms with Gasteiger partial charge in [0.25, 0.3) is 6.43 Å². The standard InChI is InChI=1S/C13H20F2N2O2/c1-9-7-11(18)16-13(5-3-2-4-6-13)12(19)17(9)8-10(14)15/h9-10H,2-8H2,1H3,(H,16,18). The molecule has 0 aromatic heterocycles. The van der Waals surface area contributed by atoms with E-state index in [0.29, 0.717) is 12.8 Å². The predicted molar refractivity (Wildman–Crippen MR) is 65.8 cm³/mol. The molecule has 1 saturated heterocycles. The molecular formula is C13H20F2N2O2. The summed E-state index contributed by atoms with van der Waals surface area (Å²) in [6, 6.07) is -0.470. The molecule has 2 amide bonds. The highest BCUT2D eigenvalue weighted by Crippen LogP contribution is 2.33. The van der Waals surface area contributed by atoms with E-state index in [1.54, 1.807) is 6.92 Å². The number of carbonyl (C=O) groups is 2. The first-order valence-corrected chi connectivity index (χ1v) is 6.85. The molecule has 4 nitrogen and oxygen atoms in total. The molecule has 1 saturated carbocycles. The molecule has 0 aromatic rings. The fraction of sp³-hybridized carbons (Fsp3) is 0.846. The Balaban J connectivity index is 2.27. The van der Waals surface area contributed by atoms with Gasteiger partial charge in [0.05, 0.1) is 6.54 Å². The molecule has 2 aliphatic rings. The maximum Gasteiger partial charge on any atom is 0.255 e. The molecule has 1 unspecified atom stereocenters. The van der Waals surface area contributed by atoms with E-state index >= 15 is 0 Å². The second kappa shape index (κ2) is 5.43. The minimum absolute atomic E-state index is 0.0974. The second-order valence-corrected chi connectivity index (χ2v) is 5.59. The largest absolute Gasteiger partial charge is 0.342 e. The van der Waals surface area contributed by atoms with Gasteiger partial charge in [-0.25, -0.2) is 8.78 Å². The van der Waals surface area contributed by atoms with Gasteiger partial charge in [-0.2, -0.15) is 0 Å². The van der Waals surface area contributed by atoms with Crippen molar-refractivity contribution < 1.29 is 18.4 Å². The zero-order chi connectivity index (χ0) is 14.0. The van der Waals surface area contributed by atoms with Crippen molar-refractivity contribution in [3.8, 4) is 0 Å². The van der Waals surface area contributed by atoms with Gasteiger partial charge in [-0.15, -0.1) is 0 Å². The lowest BCUT2D eigenvalue weighted by Crippen LogP contribution is -2.59. The van der Waals surface area contributed by atoms with Crippen LogP contribution in [0.15, 0.2) is 0 Å². The Hall–Kier alpha value is -1.20. The molecule has 108 valence electrons. The third kappa shape index (κ3) is 2.87. The van der Waals surface area contributed by atoms with Gasteiger partial charge in [0.1, 0.15) is 5.54 Å². The van der Waals surface area contributed by atoms with Gasteiger partial charge in [0.15, 0.2) is 0 Å². The molecule has 1 N–H and O–H groups in total. The van der Waals surface area contributed by atoms with Gasteiger partial charge in [0.2, 0.25) is 11.8 Å². The van der Waals surface area contributed by atoms with Crippen LogP contribution in [0.1, 0.15) is 45.4 Å². The summed E-state index contributed by atoms with van der Waals surface area (Å²) >= 11 is 0. The lowest BCUT2D eigenvalue weighted by molar-refractivity contribution is -0.143. The highest BCUT2D eigenvalue weighted by atomic mass is 19.3. The van der Waals surface area contributed by atoms with Crippen LogP contribution in [0.3, 0.4) is 0 Å². The third-order valence-corrected chi connectivity index (χ3v) is 4.10. The average Bonchev–Trinajstić information content (AvgIpc) is 2.41. The van der Waals surface area contributed by atoms with Crippen LogP contribution in [-0.4, -0.2) is 41.3 Å². The molecule has 2 fully saturated rings. The molecule has 1 atom stereocenters. The highest BCUT2D eigenvalue weighted by Gasteiger charge is 2.47. The number of carbonyl (C=O) groups excluding carboxylic acids is 2. The van der Waals surface area contributed by atoms with Gasteiger partial charge < -0.3 is 10.2 Å². The van der Waals surface area contributed by atoms with Crippen LogP contribution in [0.2, 0.25) is 0 Å². The molecule has 1 aliphatic heterocycles. The highest BCUT2D eigenvalue weighted by molar-refractivity contribution is 5.94. The molecular weight excluding hydrogens is 254 g/mol. The van der Waals surface area contributed by atoms with Gasteiger partial charge in [-0.05, 0) is 19.8 Å². The van der Waals surface area contributed by atoms with Crippen LogP contribution in [0.4, 0.5) is 8.78 Å². The fourth-order valence-corrected chi connectivity index (χ4v) is 3.13. The van der Waals surface area contributed by atoms with Gasteiger partial charge >= 0.3 is 0 Å². The van der Waals surface area contributed by atoms with Crippen molar-refractivity contribution in [2.75, 3.05) is 6.54 Å². The van der Waals surface area contributed by atoms with Crippen LogP contribution in [0, 0.1) is 0 Å². The minimum atomic E-state index is -2.57. The predicted octanol–water partition coefficient (Wildman–Crippen LogP) is 1.69. The number of hydrogen-bond donors (Lipinski definition) is 1. The topological polar surface area (TPSA) is 49.4 Å². The number of hydrogen-bond acceptors (Lipinski definition) is 2. The molecule has 0 bridgehead atoms. The van der Waals surface area contributed by atoms with Crippen molar-refractivity contribution in [2.24, 2.45) is 0 Å². The molecule has 1 spiro atoms. The number of rotatable bonds is 2. The Morgan fingerprint density at radius 1 is 1.32 bits per heavy atom. The molecule has 1 heterocycles. The first kappa shape index (κ1) is 14.2. The van der Waals surface area contributed by atoms with Crippen molar-refractivity contribution in [3.63, 3.8) is 0 Å². The van der Waals surface area contributed by atoms with E-state index < -0.39 is 24.6 Å². The summed E-state index contributed by atoms with van der Waals surface area (Å²) in [5, 5.41) is 2.80. The lowest BCUT2D eigenvalue weighted by Gasteiger charge is -2.39. The first-order chi connectivity index (χ1) is 8.94. The summed E-state index contributed by atoms with van der Waals surface area (Å²) in [5.41, 5.74) is -0.936. The lowest BCUT2D eigenvalue weighted by atomic mass is 9.80. The molecule has 19 heavy (non-hydrogen) atoms. The summed E-state index contributed by atoms with van der Waals surface area (Å²) in [4.78, 5) is 25.6. The number of halogens is 2. The van der Waals surface area contributed by atoms with E-state index in [1.807, 2.05) is 0 Å². The van der Waals surface area contributed by atoms with Crippen LogP contribution in [0.25, 0.3) is 0 Å². The van der Waals surface area contributed by atoms with E-state index in [2.05, 4.69) is 5.32 Å². The Kier molecular flexibility index (Phi) is 4.06. The summed E-state index contributed by atoms with van der Waals surface area (Å²) in [6.45, 7) is 1.07. The maximum absolute atomic E-state index is 12.7. The molecule has 0 aromatic carbocycles. The Bertz CT molecular complexity index is 368. The van der Waals surface area contributed by atoms with Gasteiger partial charge in [-0.1, -0.05) is 19.3 Å². The van der Waals surface area contributed by atoms with Crippen molar-refractivity contribution in [1.82, 2.24) is 10.2 Å². The summed E-state index contributed by atoms with van der Waals surface area (Å²) in [7, 11) is 0. The molecule has 2 rings (SSSR count). The Morgan fingerprint density at radius 2 is 1.95 bits per heavy atom. The van der Waals surface area contributed by atoms with Crippen molar-refractivity contribution >= 4 is 11.8 Å². The van der Waals surface area contributed by atoms with E-state index in [-0.39, 0.29) is 18.2 Å². The zero-order valence-corrected chi connectivity index (χ0v) is 11.1. The van der Waals surface area contributed by atoms with E-state index in [4.69, 9.17) is 0 Å². The molecule has 6 heteroatoms. The smallest absolute Gasteiger partial charge is 0.255 e. The van der Waals surface area contributed by atoms with Crippen molar-refractivity contribution in [3.05, 3.63) is 0 Å². The minimum Gasteiger partial charge on any atom is -0.342 e. The quantitative estimate of drug-likeness (QED) is 0.833. The number of nitrogens with zero attached hydrogens (tertiary/aromatic N) is 1. The van der Waals surface area contributed by atoms with Crippen LogP contribution >= 0.6 is 0 Å². The zero-order valence-electron chi connectivity index (χ0n) is 11.1. The number of amides is 2. The molecule has 1 aliphatic carbocycles. The number of alkyl halides is 2. The first-order valence-electron chi connectivity index (χ1n) is 6.85. The number of nitrogens with one attached hydrogen (secondary N) is 1. The van der Waals surface area contributed by atoms with E-state index in [9.17, 15) is 18.4 Å². The molecule has 0 radical (unpaired) electrons. The fourth-order valence-electron chi connectivity index (χ4n) is 3.13. The maximum atomic E-state index is 12.7. The van der Waals surface area contributed by atoms with Crippen molar-refractivity contribution in [2.45, 2.75) is 63.5 Å². The van der Waals surface area contributed by atoms with Crippen LogP contribution in [-0.2, 0) is 9.59 Å². The van der Waals surface area contributed by atoms with Crippen molar-refractivity contribution in [1.29, 1.82) is 0 Å². The summed E-state index contributed by atoms with van der Waals surface area (Å²) in [6.07, 6.45) is 1.37. The van der Waals surface area contributed by atoms with Crippen LogP contribution < -0.4 is 5.32 Å². The summed E-state index contributed by atoms with van der Waals surface area (Å²) < 4.78 is 25.3. The normalized spacial score (nSPS) is 27.6. The Morgan fingerprint density at radius 3 is 2.53 bits per heavy atom. The second-order valence-electron chi connectivity index (χ2n) is 5.59. The SMILES string of the molecule is CC1CC(=O)NC2(CCCCC2)C(=O)N1CC(F)F. The van der Waals surface area contributed by atoms with E-state index in [1.165, 1.54) is 4.90 Å².